The lowest BCUT2D eigenvalue weighted by Crippen LogP contribution is -1.96. The van der Waals surface area contributed by atoms with Crippen LogP contribution in [-0.4, -0.2) is 0 Å². The summed E-state index contributed by atoms with van der Waals surface area (Å²) in [5, 5.41) is 8.47. The van der Waals surface area contributed by atoms with Crippen molar-refractivity contribution in [1.29, 1.82) is 0 Å². The van der Waals surface area contributed by atoms with E-state index in [0.717, 1.165) is 22.6 Å². The molecule has 3 N–H and O–H groups in total. The van der Waals surface area contributed by atoms with E-state index in [0.29, 0.717) is 0 Å². The molecular weight excluding hydrogens is 484 g/mol. The predicted octanol–water partition coefficient (Wildman–Crippen LogP) is 10.3. The second-order valence-electron chi connectivity index (χ2n) is 10.1. The number of nitrogens with one attached hydrogen (secondary N) is 1. The Labute approximate surface area is 234 Å². The Hall–Kier alpha value is -5.34. The van der Waals surface area contributed by atoms with E-state index < -0.39 is 0 Å². The van der Waals surface area contributed by atoms with Crippen LogP contribution in [0.4, 0.5) is 17.1 Å². The van der Waals surface area contributed by atoms with Crippen LogP contribution in [0, 0.1) is 0 Å². The SMILES string of the molecule is Nc1ccccc1Nc1cccc(-c2c3ccccc3c(-c3ccc(-c4ccccc4)cc3)c3ccccc23)c1. The number of anilines is 3. The largest absolute Gasteiger partial charge is 0.397 e. The van der Waals surface area contributed by atoms with Crippen LogP contribution in [0.1, 0.15) is 0 Å². The topological polar surface area (TPSA) is 38.0 Å². The Morgan fingerprint density at radius 3 is 1.48 bits per heavy atom. The Balaban J connectivity index is 1.41. The van der Waals surface area contributed by atoms with Gasteiger partial charge in [0.1, 0.15) is 0 Å². The minimum atomic E-state index is 0.728. The Morgan fingerprint density at radius 1 is 0.375 bits per heavy atom. The van der Waals surface area contributed by atoms with Gasteiger partial charge in [-0.2, -0.15) is 0 Å². The molecule has 2 heteroatoms. The number of nitrogen functional groups attached to an aromatic ring is 1. The van der Waals surface area contributed by atoms with Crippen molar-refractivity contribution in [3.8, 4) is 33.4 Å². The molecule has 0 unspecified atom stereocenters. The first-order valence-corrected chi connectivity index (χ1v) is 13.6. The molecular formula is C38H28N2. The molecule has 7 aromatic carbocycles. The van der Waals surface area contributed by atoms with E-state index in [1.165, 1.54) is 49.4 Å². The maximum atomic E-state index is 6.22. The van der Waals surface area contributed by atoms with Crippen molar-refractivity contribution in [2.75, 3.05) is 11.1 Å². The molecule has 0 saturated heterocycles. The Bertz CT molecular complexity index is 1920. The highest BCUT2D eigenvalue weighted by Crippen LogP contribution is 2.44. The fourth-order valence-electron chi connectivity index (χ4n) is 5.73. The molecule has 0 aliphatic rings. The van der Waals surface area contributed by atoms with Gasteiger partial charge in [0.2, 0.25) is 0 Å². The van der Waals surface area contributed by atoms with Crippen molar-refractivity contribution >= 4 is 38.6 Å². The smallest absolute Gasteiger partial charge is 0.0617 e. The third-order valence-electron chi connectivity index (χ3n) is 7.60. The minimum Gasteiger partial charge on any atom is -0.397 e. The molecule has 7 aromatic rings. The van der Waals surface area contributed by atoms with Crippen molar-refractivity contribution in [3.05, 3.63) is 152 Å². The molecule has 190 valence electrons. The lowest BCUT2D eigenvalue weighted by atomic mass is 9.85. The van der Waals surface area contributed by atoms with Crippen LogP contribution in [0.2, 0.25) is 0 Å². The summed E-state index contributed by atoms with van der Waals surface area (Å²) in [6.07, 6.45) is 0. The molecule has 0 saturated carbocycles. The van der Waals surface area contributed by atoms with Gasteiger partial charge in [0.15, 0.2) is 0 Å². The number of fused-ring (bicyclic) bond motifs is 2. The first-order chi connectivity index (χ1) is 19.8. The van der Waals surface area contributed by atoms with Gasteiger partial charge in [0.05, 0.1) is 11.4 Å². The number of benzene rings is 7. The second kappa shape index (κ2) is 10.1. The van der Waals surface area contributed by atoms with E-state index in [1.807, 2.05) is 24.3 Å². The number of para-hydroxylation sites is 2. The summed E-state index contributed by atoms with van der Waals surface area (Å²) in [4.78, 5) is 0. The van der Waals surface area contributed by atoms with Gasteiger partial charge in [-0.15, -0.1) is 0 Å². The molecule has 2 nitrogen and oxygen atoms in total. The molecule has 7 rings (SSSR count). The van der Waals surface area contributed by atoms with Crippen LogP contribution in [0.15, 0.2) is 152 Å². The average molecular weight is 513 g/mol. The van der Waals surface area contributed by atoms with Crippen molar-refractivity contribution < 1.29 is 0 Å². The summed E-state index contributed by atoms with van der Waals surface area (Å²) in [5.74, 6) is 0. The quantitative estimate of drug-likeness (QED) is 0.178. The van der Waals surface area contributed by atoms with E-state index in [-0.39, 0.29) is 0 Å². The van der Waals surface area contributed by atoms with E-state index in [9.17, 15) is 0 Å². The maximum Gasteiger partial charge on any atom is 0.0617 e. The maximum absolute atomic E-state index is 6.22. The molecule has 40 heavy (non-hydrogen) atoms. The predicted molar refractivity (Wildman–Crippen MR) is 172 cm³/mol. The highest BCUT2D eigenvalue weighted by molar-refractivity contribution is 6.21. The van der Waals surface area contributed by atoms with Crippen LogP contribution in [0.5, 0.6) is 0 Å². The molecule has 0 heterocycles. The van der Waals surface area contributed by atoms with Gasteiger partial charge < -0.3 is 11.1 Å². The summed E-state index contributed by atoms with van der Waals surface area (Å²) in [6, 6.07) is 53.5. The number of rotatable bonds is 5. The molecule has 0 fully saturated rings. The first-order valence-electron chi connectivity index (χ1n) is 13.6. The third-order valence-corrected chi connectivity index (χ3v) is 7.60. The van der Waals surface area contributed by atoms with Gasteiger partial charge in [-0.1, -0.05) is 127 Å². The summed E-state index contributed by atoms with van der Waals surface area (Å²) >= 11 is 0. The van der Waals surface area contributed by atoms with E-state index >= 15 is 0 Å². The molecule has 0 amide bonds. The molecule has 0 aromatic heterocycles. The normalized spacial score (nSPS) is 11.1. The monoisotopic (exact) mass is 512 g/mol. The summed E-state index contributed by atoms with van der Waals surface area (Å²) in [5.41, 5.74) is 16.2. The van der Waals surface area contributed by atoms with Crippen molar-refractivity contribution in [3.63, 3.8) is 0 Å². The molecule has 0 spiro atoms. The van der Waals surface area contributed by atoms with Crippen molar-refractivity contribution in [1.82, 2.24) is 0 Å². The number of hydrogen-bond donors (Lipinski definition) is 2. The van der Waals surface area contributed by atoms with Gasteiger partial charge in [0, 0.05) is 5.69 Å². The zero-order valence-electron chi connectivity index (χ0n) is 22.0. The molecule has 0 atom stereocenters. The summed E-state index contributed by atoms with van der Waals surface area (Å²) in [6.45, 7) is 0. The summed E-state index contributed by atoms with van der Waals surface area (Å²) < 4.78 is 0. The summed E-state index contributed by atoms with van der Waals surface area (Å²) in [7, 11) is 0. The van der Waals surface area contributed by atoms with Gasteiger partial charge in [0.25, 0.3) is 0 Å². The van der Waals surface area contributed by atoms with Gasteiger partial charge in [-0.05, 0) is 79.2 Å². The highest BCUT2D eigenvalue weighted by Gasteiger charge is 2.16. The Kier molecular flexibility index (Phi) is 5.99. The van der Waals surface area contributed by atoms with Gasteiger partial charge in [-0.25, -0.2) is 0 Å². The van der Waals surface area contributed by atoms with Crippen LogP contribution >= 0.6 is 0 Å². The van der Waals surface area contributed by atoms with Crippen LogP contribution < -0.4 is 11.1 Å². The van der Waals surface area contributed by atoms with Crippen LogP contribution in [0.3, 0.4) is 0 Å². The van der Waals surface area contributed by atoms with Crippen LogP contribution in [-0.2, 0) is 0 Å². The lowest BCUT2D eigenvalue weighted by molar-refractivity contribution is 1.54. The van der Waals surface area contributed by atoms with Gasteiger partial charge in [-0.3, -0.25) is 0 Å². The number of hydrogen-bond acceptors (Lipinski definition) is 2. The zero-order valence-corrected chi connectivity index (χ0v) is 22.0. The molecule has 0 radical (unpaired) electrons. The standard InChI is InChI=1S/C38H28N2/c39-35-19-8-9-20-36(35)40-30-14-10-13-29(25-30)38-33-17-6-4-15-31(33)37(32-16-5-7-18-34(32)38)28-23-21-27(22-24-28)26-11-2-1-3-12-26/h1-25,40H,39H2. The van der Waals surface area contributed by atoms with E-state index in [1.54, 1.807) is 0 Å². The highest BCUT2D eigenvalue weighted by atomic mass is 14.9. The second-order valence-corrected chi connectivity index (χ2v) is 10.1. The molecule has 0 bridgehead atoms. The van der Waals surface area contributed by atoms with E-state index in [4.69, 9.17) is 5.73 Å². The third kappa shape index (κ3) is 4.26. The zero-order chi connectivity index (χ0) is 26.9. The fourth-order valence-corrected chi connectivity index (χ4v) is 5.73. The Morgan fingerprint density at radius 2 is 0.850 bits per heavy atom. The first kappa shape index (κ1) is 23.8. The average Bonchev–Trinajstić information content (AvgIpc) is 3.01. The molecule has 0 aliphatic carbocycles. The lowest BCUT2D eigenvalue weighted by Gasteiger charge is -2.18. The minimum absolute atomic E-state index is 0.728. The number of nitrogens with two attached hydrogens (primary N) is 1. The van der Waals surface area contributed by atoms with Crippen LogP contribution in [0.25, 0.3) is 54.9 Å². The van der Waals surface area contributed by atoms with Crippen molar-refractivity contribution in [2.24, 2.45) is 0 Å². The molecule has 0 aliphatic heterocycles. The van der Waals surface area contributed by atoms with Gasteiger partial charge >= 0.3 is 0 Å². The van der Waals surface area contributed by atoms with E-state index in [2.05, 4.69) is 133 Å². The fraction of sp³-hybridized carbons (Fsp3) is 0. The van der Waals surface area contributed by atoms with Crippen molar-refractivity contribution in [2.45, 2.75) is 0 Å².